The average molecular weight is 233 g/mol. The van der Waals surface area contributed by atoms with Crippen molar-refractivity contribution in [3.05, 3.63) is 30.1 Å². The van der Waals surface area contributed by atoms with Crippen molar-refractivity contribution >= 4 is 11.8 Å². The van der Waals surface area contributed by atoms with E-state index in [9.17, 15) is 9.59 Å². The van der Waals surface area contributed by atoms with Gasteiger partial charge in [0.05, 0.1) is 12.5 Å². The summed E-state index contributed by atoms with van der Waals surface area (Å²) in [6.45, 7) is 1.96. The summed E-state index contributed by atoms with van der Waals surface area (Å²) in [6.07, 6.45) is 3.66. The minimum absolute atomic E-state index is 0.0197. The van der Waals surface area contributed by atoms with Crippen LogP contribution >= 0.6 is 0 Å². The molecule has 1 aliphatic heterocycles. The summed E-state index contributed by atoms with van der Waals surface area (Å²) >= 11 is 0. The summed E-state index contributed by atoms with van der Waals surface area (Å²) in [6, 6.07) is 3.40. The Morgan fingerprint density at radius 2 is 2.06 bits per heavy atom. The molecule has 2 heterocycles. The van der Waals surface area contributed by atoms with Gasteiger partial charge in [0.15, 0.2) is 0 Å². The molecule has 1 aliphatic rings. The third kappa shape index (κ3) is 2.34. The zero-order valence-electron chi connectivity index (χ0n) is 9.88. The number of nitrogens with zero attached hydrogens (tertiary/aromatic N) is 2. The maximum absolute atomic E-state index is 11.7. The lowest BCUT2D eigenvalue weighted by Gasteiger charge is -2.17. The molecule has 0 aromatic carbocycles. The molecule has 5 heteroatoms. The van der Waals surface area contributed by atoms with E-state index in [-0.39, 0.29) is 24.3 Å². The fourth-order valence-corrected chi connectivity index (χ4v) is 1.94. The van der Waals surface area contributed by atoms with Gasteiger partial charge in [-0.05, 0) is 24.6 Å². The van der Waals surface area contributed by atoms with Gasteiger partial charge in [-0.3, -0.25) is 24.8 Å². The third-order valence-electron chi connectivity index (χ3n) is 3.04. The second-order valence-electron chi connectivity index (χ2n) is 4.22. The molecule has 1 N–H and O–H groups in total. The van der Waals surface area contributed by atoms with Gasteiger partial charge in [-0.2, -0.15) is 0 Å². The van der Waals surface area contributed by atoms with Gasteiger partial charge in [0, 0.05) is 25.5 Å². The number of hydrogen-bond acceptors (Lipinski definition) is 4. The Morgan fingerprint density at radius 3 is 2.59 bits per heavy atom. The minimum Gasteiger partial charge on any atom is -0.299 e. The normalized spacial score (nSPS) is 22.0. The Morgan fingerprint density at radius 1 is 1.41 bits per heavy atom. The quantitative estimate of drug-likeness (QED) is 0.772. The molecule has 2 rings (SSSR count). The third-order valence-corrected chi connectivity index (χ3v) is 3.04. The molecule has 0 saturated carbocycles. The number of imide groups is 1. The SMILES string of the molecule is CC(NC1CC(=O)N(C)C1=O)c1ccncc1. The summed E-state index contributed by atoms with van der Waals surface area (Å²) in [5.74, 6) is -0.287. The highest BCUT2D eigenvalue weighted by molar-refractivity contribution is 6.05. The van der Waals surface area contributed by atoms with Crippen molar-refractivity contribution in [2.24, 2.45) is 0 Å². The Balaban J connectivity index is 2.03. The summed E-state index contributed by atoms with van der Waals surface area (Å²) < 4.78 is 0. The molecule has 1 fully saturated rings. The van der Waals surface area contributed by atoms with Gasteiger partial charge in [0.1, 0.15) is 0 Å². The van der Waals surface area contributed by atoms with E-state index in [0.717, 1.165) is 5.56 Å². The maximum Gasteiger partial charge on any atom is 0.246 e. The van der Waals surface area contributed by atoms with E-state index in [0.29, 0.717) is 0 Å². The largest absolute Gasteiger partial charge is 0.299 e. The fraction of sp³-hybridized carbons (Fsp3) is 0.417. The van der Waals surface area contributed by atoms with Crippen molar-refractivity contribution in [2.45, 2.75) is 25.4 Å². The number of aromatic nitrogens is 1. The number of pyridine rings is 1. The molecule has 0 spiro atoms. The number of rotatable bonds is 3. The summed E-state index contributed by atoms with van der Waals surface area (Å²) in [4.78, 5) is 28.2. The number of likely N-dealkylation sites (tertiary alicyclic amines) is 1. The molecule has 2 unspecified atom stereocenters. The van der Waals surface area contributed by atoms with Gasteiger partial charge >= 0.3 is 0 Å². The van der Waals surface area contributed by atoms with E-state index in [2.05, 4.69) is 10.3 Å². The first kappa shape index (κ1) is 11.7. The van der Waals surface area contributed by atoms with Crippen LogP contribution in [0.25, 0.3) is 0 Å². The zero-order valence-corrected chi connectivity index (χ0v) is 9.88. The first-order valence-corrected chi connectivity index (χ1v) is 5.56. The van der Waals surface area contributed by atoms with E-state index < -0.39 is 6.04 Å². The van der Waals surface area contributed by atoms with Crippen molar-refractivity contribution in [3.8, 4) is 0 Å². The van der Waals surface area contributed by atoms with Crippen LogP contribution in [0.15, 0.2) is 24.5 Å². The standard InChI is InChI=1S/C12H15N3O2/c1-8(9-3-5-13-6-4-9)14-10-7-11(16)15(2)12(10)17/h3-6,8,10,14H,7H2,1-2H3. The van der Waals surface area contributed by atoms with Crippen molar-refractivity contribution in [2.75, 3.05) is 7.05 Å². The van der Waals surface area contributed by atoms with E-state index >= 15 is 0 Å². The van der Waals surface area contributed by atoms with Crippen LogP contribution in [0.2, 0.25) is 0 Å². The van der Waals surface area contributed by atoms with Gasteiger partial charge in [-0.15, -0.1) is 0 Å². The lowest BCUT2D eigenvalue weighted by Crippen LogP contribution is -2.38. The zero-order chi connectivity index (χ0) is 12.4. The molecule has 17 heavy (non-hydrogen) atoms. The first-order valence-electron chi connectivity index (χ1n) is 5.56. The van der Waals surface area contributed by atoms with Crippen LogP contribution in [0.4, 0.5) is 0 Å². The molecule has 1 saturated heterocycles. The second-order valence-corrected chi connectivity index (χ2v) is 4.22. The van der Waals surface area contributed by atoms with Gasteiger partial charge in [-0.1, -0.05) is 0 Å². The van der Waals surface area contributed by atoms with Crippen LogP contribution in [-0.2, 0) is 9.59 Å². The second kappa shape index (κ2) is 4.63. The number of carbonyl (C=O) groups excluding carboxylic acids is 2. The molecule has 5 nitrogen and oxygen atoms in total. The number of nitrogens with one attached hydrogen (secondary N) is 1. The van der Waals surface area contributed by atoms with Crippen molar-refractivity contribution in [1.82, 2.24) is 15.2 Å². The van der Waals surface area contributed by atoms with Gasteiger partial charge in [-0.25, -0.2) is 0 Å². The lowest BCUT2D eigenvalue weighted by atomic mass is 10.1. The van der Waals surface area contributed by atoms with E-state index in [4.69, 9.17) is 0 Å². The maximum atomic E-state index is 11.7. The average Bonchev–Trinajstić information content (AvgIpc) is 2.58. The smallest absolute Gasteiger partial charge is 0.246 e. The number of likely N-dealkylation sites (N-methyl/N-ethyl adjacent to an activating group) is 1. The molecule has 1 aromatic heterocycles. The van der Waals surface area contributed by atoms with Crippen molar-refractivity contribution in [1.29, 1.82) is 0 Å². The highest BCUT2D eigenvalue weighted by Crippen LogP contribution is 2.17. The number of amides is 2. The predicted molar refractivity (Wildman–Crippen MR) is 62.0 cm³/mol. The number of carbonyl (C=O) groups is 2. The Hall–Kier alpha value is -1.75. The number of hydrogen-bond donors (Lipinski definition) is 1. The van der Waals surface area contributed by atoms with Crippen molar-refractivity contribution < 1.29 is 9.59 Å². The fourth-order valence-electron chi connectivity index (χ4n) is 1.94. The highest BCUT2D eigenvalue weighted by atomic mass is 16.2. The topological polar surface area (TPSA) is 62.3 Å². The van der Waals surface area contributed by atoms with Crippen LogP contribution in [0, 0.1) is 0 Å². The summed E-state index contributed by atoms with van der Waals surface area (Å²) in [5.41, 5.74) is 1.05. The molecule has 0 radical (unpaired) electrons. The molecule has 0 aliphatic carbocycles. The molecule has 1 aromatic rings. The molecule has 2 atom stereocenters. The molecule has 2 amide bonds. The molecular weight excluding hydrogens is 218 g/mol. The van der Waals surface area contributed by atoms with Gasteiger partial charge in [0.2, 0.25) is 11.8 Å². The minimum atomic E-state index is -0.407. The van der Waals surface area contributed by atoms with Gasteiger partial charge < -0.3 is 0 Å². The van der Waals surface area contributed by atoms with Crippen LogP contribution in [0.5, 0.6) is 0 Å². The van der Waals surface area contributed by atoms with Crippen LogP contribution < -0.4 is 5.32 Å². The Kier molecular flexibility index (Phi) is 3.19. The molecule has 90 valence electrons. The van der Waals surface area contributed by atoms with E-state index in [1.807, 2.05) is 19.1 Å². The van der Waals surface area contributed by atoms with Crippen LogP contribution in [0.1, 0.15) is 24.9 Å². The molecule has 0 bridgehead atoms. The van der Waals surface area contributed by atoms with E-state index in [1.165, 1.54) is 11.9 Å². The molecular formula is C12H15N3O2. The van der Waals surface area contributed by atoms with Gasteiger partial charge in [0.25, 0.3) is 0 Å². The van der Waals surface area contributed by atoms with Crippen LogP contribution in [0.3, 0.4) is 0 Å². The monoisotopic (exact) mass is 233 g/mol. The summed E-state index contributed by atoms with van der Waals surface area (Å²) in [5, 5.41) is 3.17. The van der Waals surface area contributed by atoms with E-state index in [1.54, 1.807) is 12.4 Å². The lowest BCUT2D eigenvalue weighted by molar-refractivity contribution is -0.137. The Bertz CT molecular complexity index is 433. The summed E-state index contributed by atoms with van der Waals surface area (Å²) in [7, 11) is 1.52. The van der Waals surface area contributed by atoms with Crippen molar-refractivity contribution in [3.63, 3.8) is 0 Å². The first-order chi connectivity index (χ1) is 8.09. The predicted octanol–water partition coefficient (Wildman–Crippen LogP) is 0.489. The highest BCUT2D eigenvalue weighted by Gasteiger charge is 2.36. The van der Waals surface area contributed by atoms with Crippen LogP contribution in [-0.4, -0.2) is 34.8 Å². The Labute approximate surface area is 99.8 Å².